The second-order valence-electron chi connectivity index (χ2n) is 5.17. The molecule has 0 saturated heterocycles. The highest BCUT2D eigenvalue weighted by Crippen LogP contribution is 2.30. The quantitative estimate of drug-likeness (QED) is 0.903. The van der Waals surface area contributed by atoms with Crippen LogP contribution in [0.4, 0.5) is 10.5 Å². The molecule has 5 nitrogen and oxygen atoms in total. The molecule has 0 bridgehead atoms. The molecule has 0 unspecified atom stereocenters. The van der Waals surface area contributed by atoms with Gasteiger partial charge in [0.05, 0.1) is 19.9 Å². The van der Waals surface area contributed by atoms with Gasteiger partial charge in [0, 0.05) is 5.56 Å². The summed E-state index contributed by atoms with van der Waals surface area (Å²) in [4.78, 5) is 11.5. The van der Waals surface area contributed by atoms with Gasteiger partial charge in [0.1, 0.15) is 18.1 Å². The number of aryl methyl sites for hydroxylation is 2. The molecular formula is C18H21NO4. The minimum atomic E-state index is -0.553. The Bertz CT molecular complexity index is 697. The first kappa shape index (κ1) is 16.7. The van der Waals surface area contributed by atoms with Gasteiger partial charge in [-0.1, -0.05) is 29.8 Å². The Kier molecular flexibility index (Phi) is 5.46. The SMILES string of the molecule is COC(=O)Nc1c(COc2ccc(C)cc2C)cccc1OC. The zero-order chi connectivity index (χ0) is 16.8. The number of rotatable bonds is 5. The topological polar surface area (TPSA) is 56.8 Å². The summed E-state index contributed by atoms with van der Waals surface area (Å²) in [5.41, 5.74) is 3.60. The van der Waals surface area contributed by atoms with Gasteiger partial charge in [-0.15, -0.1) is 0 Å². The van der Waals surface area contributed by atoms with Crippen LogP contribution in [0, 0.1) is 13.8 Å². The summed E-state index contributed by atoms with van der Waals surface area (Å²) >= 11 is 0. The Hall–Kier alpha value is -2.69. The molecular weight excluding hydrogens is 294 g/mol. The molecule has 0 atom stereocenters. The predicted octanol–water partition coefficient (Wildman–Crippen LogP) is 4.07. The van der Waals surface area contributed by atoms with Crippen LogP contribution in [0.1, 0.15) is 16.7 Å². The Morgan fingerprint density at radius 1 is 1.09 bits per heavy atom. The van der Waals surface area contributed by atoms with Crippen molar-refractivity contribution in [3.8, 4) is 11.5 Å². The van der Waals surface area contributed by atoms with Crippen LogP contribution >= 0.6 is 0 Å². The Morgan fingerprint density at radius 2 is 1.87 bits per heavy atom. The second-order valence-corrected chi connectivity index (χ2v) is 5.17. The second kappa shape index (κ2) is 7.54. The summed E-state index contributed by atoms with van der Waals surface area (Å²) in [7, 11) is 2.86. The summed E-state index contributed by atoms with van der Waals surface area (Å²) in [6, 6.07) is 11.5. The average Bonchev–Trinajstić information content (AvgIpc) is 2.54. The van der Waals surface area contributed by atoms with Crippen LogP contribution in [0.5, 0.6) is 11.5 Å². The molecule has 0 radical (unpaired) electrons. The summed E-state index contributed by atoms with van der Waals surface area (Å²) < 4.78 is 15.8. The number of carbonyl (C=O) groups is 1. The van der Waals surface area contributed by atoms with Crippen molar-refractivity contribution in [2.24, 2.45) is 0 Å². The highest BCUT2D eigenvalue weighted by Gasteiger charge is 2.13. The summed E-state index contributed by atoms with van der Waals surface area (Å²) in [6.45, 7) is 4.35. The van der Waals surface area contributed by atoms with Crippen LogP contribution in [0.3, 0.4) is 0 Å². The third kappa shape index (κ3) is 4.16. The summed E-state index contributed by atoms with van der Waals surface area (Å²) in [5.74, 6) is 1.36. The van der Waals surface area contributed by atoms with Crippen LogP contribution in [-0.2, 0) is 11.3 Å². The van der Waals surface area contributed by atoms with Gasteiger partial charge in [-0.25, -0.2) is 4.79 Å². The number of carbonyl (C=O) groups excluding carboxylic acids is 1. The molecule has 122 valence electrons. The number of benzene rings is 2. The van der Waals surface area contributed by atoms with Crippen molar-refractivity contribution in [2.75, 3.05) is 19.5 Å². The summed E-state index contributed by atoms with van der Waals surface area (Å²) in [5, 5.41) is 2.67. The molecule has 23 heavy (non-hydrogen) atoms. The van der Waals surface area contributed by atoms with E-state index in [1.165, 1.54) is 12.7 Å². The lowest BCUT2D eigenvalue weighted by atomic mass is 10.1. The van der Waals surface area contributed by atoms with Gasteiger partial charge in [-0.3, -0.25) is 5.32 Å². The van der Waals surface area contributed by atoms with Crippen LogP contribution < -0.4 is 14.8 Å². The highest BCUT2D eigenvalue weighted by molar-refractivity contribution is 5.88. The zero-order valence-electron chi connectivity index (χ0n) is 13.8. The van der Waals surface area contributed by atoms with Crippen molar-refractivity contribution < 1.29 is 19.0 Å². The number of anilines is 1. The zero-order valence-corrected chi connectivity index (χ0v) is 13.8. The standard InChI is InChI=1S/C18H21NO4/c1-12-8-9-15(13(2)10-12)23-11-14-6-5-7-16(21-3)17(14)19-18(20)22-4/h5-10H,11H2,1-4H3,(H,19,20). The van der Waals surface area contributed by atoms with E-state index in [9.17, 15) is 4.79 Å². The minimum Gasteiger partial charge on any atom is -0.495 e. The minimum absolute atomic E-state index is 0.306. The largest absolute Gasteiger partial charge is 0.495 e. The molecule has 0 fully saturated rings. The van der Waals surface area contributed by atoms with Gasteiger partial charge < -0.3 is 14.2 Å². The van der Waals surface area contributed by atoms with Crippen molar-refractivity contribution in [1.82, 2.24) is 0 Å². The number of nitrogens with one attached hydrogen (secondary N) is 1. The Labute approximate surface area is 136 Å². The molecule has 2 aromatic carbocycles. The molecule has 0 aromatic heterocycles. The third-order valence-corrected chi connectivity index (χ3v) is 3.46. The fraction of sp³-hybridized carbons (Fsp3) is 0.278. The maximum absolute atomic E-state index is 11.5. The average molecular weight is 315 g/mol. The lowest BCUT2D eigenvalue weighted by molar-refractivity contribution is 0.186. The molecule has 5 heteroatoms. The van der Waals surface area contributed by atoms with Crippen LogP contribution in [0.15, 0.2) is 36.4 Å². The van der Waals surface area contributed by atoms with E-state index in [2.05, 4.69) is 16.1 Å². The van der Waals surface area contributed by atoms with E-state index in [4.69, 9.17) is 9.47 Å². The monoisotopic (exact) mass is 315 g/mol. The first-order chi connectivity index (χ1) is 11.0. The fourth-order valence-corrected chi connectivity index (χ4v) is 2.28. The van der Waals surface area contributed by atoms with Gasteiger partial charge in [0.25, 0.3) is 0 Å². The number of para-hydroxylation sites is 1. The molecule has 0 heterocycles. The molecule has 1 amide bonds. The number of amides is 1. The van der Waals surface area contributed by atoms with Gasteiger partial charge in [-0.05, 0) is 31.5 Å². The van der Waals surface area contributed by atoms with E-state index in [0.29, 0.717) is 18.0 Å². The van der Waals surface area contributed by atoms with Crippen molar-refractivity contribution in [3.63, 3.8) is 0 Å². The van der Waals surface area contributed by atoms with E-state index < -0.39 is 6.09 Å². The van der Waals surface area contributed by atoms with Gasteiger partial charge in [0.2, 0.25) is 0 Å². The lowest BCUT2D eigenvalue weighted by Crippen LogP contribution is -2.14. The molecule has 2 rings (SSSR count). The number of hydrogen-bond donors (Lipinski definition) is 1. The fourth-order valence-electron chi connectivity index (χ4n) is 2.28. The number of methoxy groups -OCH3 is 2. The first-order valence-corrected chi connectivity index (χ1v) is 7.26. The molecule has 0 saturated carbocycles. The van der Waals surface area contributed by atoms with Gasteiger partial charge >= 0.3 is 6.09 Å². The van der Waals surface area contributed by atoms with Crippen LogP contribution in [0.25, 0.3) is 0 Å². The van der Waals surface area contributed by atoms with E-state index in [-0.39, 0.29) is 0 Å². The lowest BCUT2D eigenvalue weighted by Gasteiger charge is -2.16. The van der Waals surface area contributed by atoms with E-state index in [0.717, 1.165) is 16.9 Å². The number of ether oxygens (including phenoxy) is 3. The van der Waals surface area contributed by atoms with Crippen LogP contribution in [0.2, 0.25) is 0 Å². The normalized spacial score (nSPS) is 10.1. The van der Waals surface area contributed by atoms with Crippen molar-refractivity contribution in [2.45, 2.75) is 20.5 Å². The molecule has 0 aliphatic heterocycles. The molecule has 0 aliphatic rings. The Morgan fingerprint density at radius 3 is 2.52 bits per heavy atom. The molecule has 0 aliphatic carbocycles. The third-order valence-electron chi connectivity index (χ3n) is 3.46. The maximum atomic E-state index is 11.5. The molecule has 0 spiro atoms. The number of hydrogen-bond acceptors (Lipinski definition) is 4. The van der Waals surface area contributed by atoms with Gasteiger partial charge in [-0.2, -0.15) is 0 Å². The molecule has 1 N–H and O–H groups in total. The van der Waals surface area contributed by atoms with Crippen molar-refractivity contribution in [1.29, 1.82) is 0 Å². The van der Waals surface area contributed by atoms with Crippen LogP contribution in [-0.4, -0.2) is 20.3 Å². The first-order valence-electron chi connectivity index (χ1n) is 7.26. The highest BCUT2D eigenvalue weighted by atomic mass is 16.5. The maximum Gasteiger partial charge on any atom is 0.411 e. The van der Waals surface area contributed by atoms with Gasteiger partial charge in [0.15, 0.2) is 0 Å². The predicted molar refractivity (Wildman–Crippen MR) is 89.3 cm³/mol. The van der Waals surface area contributed by atoms with E-state index in [1.54, 1.807) is 13.2 Å². The summed E-state index contributed by atoms with van der Waals surface area (Å²) in [6.07, 6.45) is -0.553. The Balaban J connectivity index is 2.23. The van der Waals surface area contributed by atoms with Crippen molar-refractivity contribution >= 4 is 11.8 Å². The smallest absolute Gasteiger partial charge is 0.411 e. The molecule has 2 aromatic rings. The van der Waals surface area contributed by atoms with E-state index >= 15 is 0 Å². The van der Waals surface area contributed by atoms with E-state index in [1.807, 2.05) is 38.1 Å². The van der Waals surface area contributed by atoms with Crippen molar-refractivity contribution in [3.05, 3.63) is 53.1 Å².